The van der Waals surface area contributed by atoms with Crippen molar-refractivity contribution in [3.63, 3.8) is 0 Å². The van der Waals surface area contributed by atoms with Crippen molar-refractivity contribution in [2.24, 2.45) is 0 Å². The third kappa shape index (κ3) is 6.09. The molecule has 0 radical (unpaired) electrons. The number of nitrogens with two attached hydrogens (primary N) is 1. The first-order valence-electron chi connectivity index (χ1n) is 15.2. The van der Waals surface area contributed by atoms with Gasteiger partial charge in [0.2, 0.25) is 11.8 Å². The maximum Gasteiger partial charge on any atom is 0.249 e. The van der Waals surface area contributed by atoms with Crippen molar-refractivity contribution in [3.05, 3.63) is 84.7 Å². The molecule has 5 heterocycles. The zero-order chi connectivity index (χ0) is 31.6. The molecule has 13 heteroatoms. The second-order valence-electron chi connectivity index (χ2n) is 11.5. The average Bonchev–Trinajstić information content (AvgIpc) is 3.46. The third-order valence-electron chi connectivity index (χ3n) is 8.40. The molecule has 46 heavy (non-hydrogen) atoms. The molecule has 2 aliphatic rings. The number of piperidine rings is 2. The fourth-order valence-corrected chi connectivity index (χ4v) is 5.99. The number of likely N-dealkylation sites (tertiary alicyclic amines) is 1. The van der Waals surface area contributed by atoms with Crippen LogP contribution in [-0.4, -0.2) is 60.6 Å². The second-order valence-corrected chi connectivity index (χ2v) is 11.5. The smallest absolute Gasteiger partial charge is 0.249 e. The number of carbonyl (C=O) groups excluding carboxylic acids is 2. The molecule has 3 aromatic heterocycles. The predicted molar refractivity (Wildman–Crippen MR) is 169 cm³/mol. The number of carbonyl (C=O) groups is 2. The number of pyridine rings is 1. The van der Waals surface area contributed by atoms with Gasteiger partial charge >= 0.3 is 0 Å². The number of hydrogen-bond acceptors (Lipinski definition) is 10. The van der Waals surface area contributed by atoms with E-state index in [0.29, 0.717) is 65.7 Å². The highest BCUT2D eigenvalue weighted by atomic mass is 19.1. The van der Waals surface area contributed by atoms with Crippen LogP contribution in [0.25, 0.3) is 22.3 Å². The van der Waals surface area contributed by atoms with Crippen LogP contribution < -0.4 is 21.1 Å². The van der Waals surface area contributed by atoms with Crippen LogP contribution in [0.4, 0.5) is 15.9 Å². The quantitative estimate of drug-likeness (QED) is 0.212. The number of ether oxygens (including phenoxy) is 1. The number of fused-ring (bicyclic) bond motifs is 1. The average molecular weight is 622 g/mol. The Kier molecular flexibility index (Phi) is 7.97. The topological polar surface area (TPSA) is 153 Å². The SMILES string of the molecule is Nc1ncnc2c1c(-c1ccc(Oc3ccccc3)cc1)nn2C1CCN(Cc2ncc(NC3CCC(=O)NC3=O)cc2F)CC1. The first-order valence-corrected chi connectivity index (χ1v) is 15.2. The first-order chi connectivity index (χ1) is 22.4. The molecule has 234 valence electrons. The fourth-order valence-electron chi connectivity index (χ4n) is 5.99. The Morgan fingerprint density at radius 1 is 0.978 bits per heavy atom. The van der Waals surface area contributed by atoms with Crippen molar-refractivity contribution in [1.82, 2.24) is 34.9 Å². The van der Waals surface area contributed by atoms with Gasteiger partial charge in [-0.05, 0) is 55.7 Å². The molecule has 5 aromatic rings. The molecule has 2 amide bonds. The molecule has 4 N–H and O–H groups in total. The summed E-state index contributed by atoms with van der Waals surface area (Å²) >= 11 is 0. The van der Waals surface area contributed by atoms with Crippen LogP contribution in [0.15, 0.2) is 73.2 Å². The van der Waals surface area contributed by atoms with Gasteiger partial charge < -0.3 is 15.8 Å². The molecule has 2 aromatic carbocycles. The van der Waals surface area contributed by atoms with Gasteiger partial charge in [0.05, 0.1) is 29.0 Å². The summed E-state index contributed by atoms with van der Waals surface area (Å²) in [5.41, 5.74) is 9.34. The largest absolute Gasteiger partial charge is 0.457 e. The van der Waals surface area contributed by atoms with Gasteiger partial charge in [-0.25, -0.2) is 19.0 Å². The zero-order valence-electron chi connectivity index (χ0n) is 24.9. The minimum absolute atomic E-state index is 0.0698. The van der Waals surface area contributed by atoms with Gasteiger partial charge in [0.1, 0.15) is 41.2 Å². The van der Waals surface area contributed by atoms with Crippen molar-refractivity contribution < 1.29 is 18.7 Å². The normalized spacial score (nSPS) is 17.6. The summed E-state index contributed by atoms with van der Waals surface area (Å²) in [6.07, 6.45) is 5.13. The monoisotopic (exact) mass is 621 g/mol. The molecule has 1 unspecified atom stereocenters. The number of benzene rings is 2. The number of para-hydroxylation sites is 1. The van der Waals surface area contributed by atoms with Gasteiger partial charge in [0.15, 0.2) is 5.65 Å². The number of nitrogen functional groups attached to an aromatic ring is 1. The highest BCUT2D eigenvalue weighted by Gasteiger charge is 2.28. The Morgan fingerprint density at radius 2 is 1.74 bits per heavy atom. The predicted octanol–water partition coefficient (Wildman–Crippen LogP) is 4.46. The number of amides is 2. The highest BCUT2D eigenvalue weighted by Crippen LogP contribution is 2.35. The van der Waals surface area contributed by atoms with E-state index in [1.165, 1.54) is 18.6 Å². The molecular weight excluding hydrogens is 589 g/mol. The van der Waals surface area contributed by atoms with Crippen molar-refractivity contribution in [2.45, 2.75) is 44.3 Å². The van der Waals surface area contributed by atoms with E-state index < -0.39 is 17.8 Å². The van der Waals surface area contributed by atoms with E-state index in [0.717, 1.165) is 24.2 Å². The Hall–Kier alpha value is -5.43. The van der Waals surface area contributed by atoms with Crippen LogP contribution in [0.2, 0.25) is 0 Å². The summed E-state index contributed by atoms with van der Waals surface area (Å²) in [7, 11) is 0. The van der Waals surface area contributed by atoms with E-state index in [1.54, 1.807) is 0 Å². The van der Waals surface area contributed by atoms with Crippen molar-refractivity contribution in [1.29, 1.82) is 0 Å². The lowest BCUT2D eigenvalue weighted by molar-refractivity contribution is -0.133. The molecule has 12 nitrogen and oxygen atoms in total. The van der Waals surface area contributed by atoms with Crippen LogP contribution >= 0.6 is 0 Å². The number of nitrogens with one attached hydrogen (secondary N) is 2. The molecule has 0 aliphatic carbocycles. The summed E-state index contributed by atoms with van der Waals surface area (Å²) in [6, 6.07) is 18.1. The second kappa shape index (κ2) is 12.5. The van der Waals surface area contributed by atoms with E-state index >= 15 is 4.39 Å². The number of halogens is 1. The minimum Gasteiger partial charge on any atom is -0.457 e. The van der Waals surface area contributed by atoms with E-state index in [2.05, 4.69) is 30.5 Å². The van der Waals surface area contributed by atoms with Gasteiger partial charge in [-0.15, -0.1) is 0 Å². The number of hydrogen-bond donors (Lipinski definition) is 3. The number of rotatable bonds is 8. The van der Waals surface area contributed by atoms with Crippen LogP contribution in [0.5, 0.6) is 11.5 Å². The third-order valence-corrected chi connectivity index (χ3v) is 8.40. The molecule has 0 saturated carbocycles. The molecule has 7 rings (SSSR count). The van der Waals surface area contributed by atoms with Gasteiger partial charge in [-0.1, -0.05) is 18.2 Å². The zero-order valence-corrected chi connectivity index (χ0v) is 24.9. The lowest BCUT2D eigenvalue weighted by atomic mass is 10.0. The highest BCUT2D eigenvalue weighted by molar-refractivity contribution is 6.01. The van der Waals surface area contributed by atoms with Gasteiger partial charge in [0.25, 0.3) is 0 Å². The van der Waals surface area contributed by atoms with Crippen LogP contribution in [0, 0.1) is 5.82 Å². The molecule has 2 aliphatic heterocycles. The van der Waals surface area contributed by atoms with Crippen molar-refractivity contribution in [2.75, 3.05) is 24.1 Å². The summed E-state index contributed by atoms with van der Waals surface area (Å²) in [5.74, 6) is 0.666. The Labute approximate surface area is 263 Å². The van der Waals surface area contributed by atoms with Gasteiger partial charge in [0, 0.05) is 37.7 Å². The Balaban J connectivity index is 1.02. The maximum atomic E-state index is 15.0. The molecule has 2 fully saturated rings. The number of anilines is 2. The Bertz CT molecular complexity index is 1890. The summed E-state index contributed by atoms with van der Waals surface area (Å²) in [6.45, 7) is 1.78. The molecule has 2 saturated heterocycles. The van der Waals surface area contributed by atoms with E-state index in [4.69, 9.17) is 15.6 Å². The molecule has 0 bridgehead atoms. The van der Waals surface area contributed by atoms with E-state index in [1.807, 2.05) is 59.3 Å². The van der Waals surface area contributed by atoms with Crippen LogP contribution in [0.1, 0.15) is 37.4 Å². The van der Waals surface area contributed by atoms with Crippen molar-refractivity contribution >= 4 is 34.4 Å². The summed E-state index contributed by atoms with van der Waals surface area (Å²) < 4.78 is 22.9. The standard InChI is InChI=1S/C33H32FN9O3/c34-25-16-21(39-26-10-11-28(44)40-33(26)45)17-36-27(25)18-42-14-12-22(13-15-42)43-32-29(31(35)37-19-38-32)30(41-43)20-6-8-24(9-7-20)46-23-4-2-1-3-5-23/h1-9,16-17,19,22,26,39H,10-15,18H2,(H2,35,37,38)(H,40,44,45). The molecule has 1 atom stereocenters. The first kappa shape index (κ1) is 29.3. The number of aromatic nitrogens is 5. The molecule has 0 spiro atoms. The lowest BCUT2D eigenvalue weighted by Gasteiger charge is -2.32. The van der Waals surface area contributed by atoms with E-state index in [-0.39, 0.29) is 18.4 Å². The summed E-state index contributed by atoms with van der Waals surface area (Å²) in [4.78, 5) is 38.7. The maximum absolute atomic E-state index is 15.0. The minimum atomic E-state index is -0.601. The number of nitrogens with zero attached hydrogens (tertiary/aromatic N) is 6. The van der Waals surface area contributed by atoms with Crippen LogP contribution in [-0.2, 0) is 16.1 Å². The Morgan fingerprint density at radius 3 is 2.48 bits per heavy atom. The fraction of sp³-hybridized carbons (Fsp3) is 0.273. The van der Waals surface area contributed by atoms with E-state index in [9.17, 15) is 9.59 Å². The van der Waals surface area contributed by atoms with Gasteiger partial charge in [-0.2, -0.15) is 5.10 Å². The number of imide groups is 1. The lowest BCUT2D eigenvalue weighted by Crippen LogP contribution is -2.47. The van der Waals surface area contributed by atoms with Crippen LogP contribution in [0.3, 0.4) is 0 Å². The summed E-state index contributed by atoms with van der Waals surface area (Å²) in [5, 5.41) is 11.0. The molecular formula is C33H32FN9O3. The van der Waals surface area contributed by atoms with Crippen molar-refractivity contribution in [3.8, 4) is 22.8 Å². The van der Waals surface area contributed by atoms with Gasteiger partial charge in [-0.3, -0.25) is 24.8 Å².